The van der Waals surface area contributed by atoms with Gasteiger partial charge in [-0.3, -0.25) is 4.79 Å². The smallest absolute Gasteiger partial charge is 0.288 e. The largest absolute Gasteiger partial charge is 0.416 e. The Morgan fingerprint density at radius 1 is 1.15 bits per heavy atom. The van der Waals surface area contributed by atoms with Crippen LogP contribution in [0.2, 0.25) is 0 Å². The van der Waals surface area contributed by atoms with Gasteiger partial charge in [-0.25, -0.2) is 4.68 Å². The van der Waals surface area contributed by atoms with Crippen LogP contribution >= 0.6 is 0 Å². The van der Waals surface area contributed by atoms with E-state index < -0.39 is 23.7 Å². The highest BCUT2D eigenvalue weighted by Crippen LogP contribution is 2.32. The molecule has 1 heterocycles. The van der Waals surface area contributed by atoms with Gasteiger partial charge in [0.25, 0.3) is 0 Å². The molecule has 0 fully saturated rings. The monoisotopic (exact) mass is 290 g/mol. The van der Waals surface area contributed by atoms with Crippen molar-refractivity contribution in [2.45, 2.75) is 12.7 Å². The van der Waals surface area contributed by atoms with Crippen LogP contribution in [0.15, 0.2) is 41.3 Å². The minimum Gasteiger partial charge on any atom is -0.288 e. The Kier molecular flexibility index (Phi) is 3.56. The molecule has 0 N–H and O–H groups in total. The summed E-state index contributed by atoms with van der Waals surface area (Å²) < 4.78 is 63.5. The van der Waals surface area contributed by atoms with Crippen LogP contribution in [-0.2, 0) is 6.18 Å². The SMILES string of the molecule is O=c1cnn(C(F)F)c(-c2cccc(C(F)(F)F)c2)c1. The van der Waals surface area contributed by atoms with E-state index in [4.69, 9.17) is 0 Å². The van der Waals surface area contributed by atoms with E-state index in [-0.39, 0.29) is 15.9 Å². The van der Waals surface area contributed by atoms with Crippen LogP contribution in [0, 0.1) is 0 Å². The molecule has 3 nitrogen and oxygen atoms in total. The first-order valence-electron chi connectivity index (χ1n) is 5.33. The molecule has 106 valence electrons. The first kappa shape index (κ1) is 14.2. The van der Waals surface area contributed by atoms with Crippen LogP contribution in [0.25, 0.3) is 11.3 Å². The fourth-order valence-corrected chi connectivity index (χ4v) is 1.65. The molecule has 0 aliphatic heterocycles. The highest BCUT2D eigenvalue weighted by Gasteiger charge is 2.30. The third kappa shape index (κ3) is 2.84. The molecule has 0 spiro atoms. The average Bonchev–Trinajstić information content (AvgIpc) is 2.37. The molecule has 0 saturated carbocycles. The second-order valence-corrected chi connectivity index (χ2v) is 3.88. The molecule has 0 saturated heterocycles. The van der Waals surface area contributed by atoms with Crippen molar-refractivity contribution in [1.29, 1.82) is 0 Å². The van der Waals surface area contributed by atoms with Gasteiger partial charge in [-0.1, -0.05) is 12.1 Å². The van der Waals surface area contributed by atoms with E-state index in [1.807, 2.05) is 0 Å². The van der Waals surface area contributed by atoms with Crippen LogP contribution in [0.1, 0.15) is 12.1 Å². The van der Waals surface area contributed by atoms with Crippen molar-refractivity contribution >= 4 is 0 Å². The van der Waals surface area contributed by atoms with Crippen LogP contribution in [0.5, 0.6) is 0 Å². The molecule has 0 aliphatic carbocycles. The number of halogens is 5. The lowest BCUT2D eigenvalue weighted by molar-refractivity contribution is -0.137. The van der Waals surface area contributed by atoms with Crippen molar-refractivity contribution in [1.82, 2.24) is 9.78 Å². The van der Waals surface area contributed by atoms with E-state index in [1.54, 1.807) is 0 Å². The molecule has 0 unspecified atom stereocenters. The van der Waals surface area contributed by atoms with Gasteiger partial charge >= 0.3 is 12.7 Å². The fourth-order valence-electron chi connectivity index (χ4n) is 1.65. The third-order valence-electron chi connectivity index (χ3n) is 2.51. The Hall–Kier alpha value is -2.25. The van der Waals surface area contributed by atoms with Gasteiger partial charge in [0.1, 0.15) is 0 Å². The van der Waals surface area contributed by atoms with Crippen molar-refractivity contribution in [2.24, 2.45) is 0 Å². The zero-order valence-corrected chi connectivity index (χ0v) is 9.73. The fraction of sp³-hybridized carbons (Fsp3) is 0.167. The van der Waals surface area contributed by atoms with E-state index in [2.05, 4.69) is 5.10 Å². The van der Waals surface area contributed by atoms with Gasteiger partial charge in [0.2, 0.25) is 5.43 Å². The van der Waals surface area contributed by atoms with Crippen molar-refractivity contribution < 1.29 is 22.0 Å². The van der Waals surface area contributed by atoms with Crippen molar-refractivity contribution in [3.63, 3.8) is 0 Å². The predicted octanol–water partition coefficient (Wildman–Crippen LogP) is 3.32. The zero-order valence-electron chi connectivity index (χ0n) is 9.73. The second-order valence-electron chi connectivity index (χ2n) is 3.88. The van der Waals surface area contributed by atoms with Crippen molar-refractivity contribution in [2.75, 3.05) is 0 Å². The number of benzene rings is 1. The number of hydrogen-bond acceptors (Lipinski definition) is 2. The maximum absolute atomic E-state index is 12.8. The molecule has 0 aliphatic rings. The summed E-state index contributed by atoms with van der Waals surface area (Å²) in [6.45, 7) is -3.07. The Bertz CT molecular complexity index is 678. The predicted molar refractivity (Wildman–Crippen MR) is 60.2 cm³/mol. The Morgan fingerprint density at radius 2 is 1.85 bits per heavy atom. The van der Waals surface area contributed by atoms with E-state index >= 15 is 0 Å². The molecule has 8 heteroatoms. The maximum Gasteiger partial charge on any atom is 0.416 e. The summed E-state index contributed by atoms with van der Waals surface area (Å²) >= 11 is 0. The first-order valence-corrected chi connectivity index (χ1v) is 5.33. The molecule has 2 aromatic rings. The molecule has 1 aromatic heterocycles. The van der Waals surface area contributed by atoms with Crippen LogP contribution in [-0.4, -0.2) is 9.78 Å². The summed E-state index contributed by atoms with van der Waals surface area (Å²) in [5.41, 5.74) is -2.20. The lowest BCUT2D eigenvalue weighted by atomic mass is 10.1. The molecule has 1 aromatic carbocycles. The summed E-state index contributed by atoms with van der Waals surface area (Å²) in [4.78, 5) is 11.2. The van der Waals surface area contributed by atoms with E-state index in [0.717, 1.165) is 18.2 Å². The number of hydrogen-bond donors (Lipinski definition) is 0. The Morgan fingerprint density at radius 3 is 2.45 bits per heavy atom. The zero-order chi connectivity index (χ0) is 14.9. The van der Waals surface area contributed by atoms with Gasteiger partial charge in [-0.2, -0.15) is 27.1 Å². The Balaban J connectivity index is 2.62. The topological polar surface area (TPSA) is 34.9 Å². The summed E-state index contributed by atoms with van der Waals surface area (Å²) in [6.07, 6.45) is -3.93. The standard InChI is InChI=1S/C12H7F5N2O/c13-11(14)19-10(5-9(20)6-18-19)7-2-1-3-8(4-7)12(15,16)17/h1-6,11H. The first-order chi connectivity index (χ1) is 9.29. The molecule has 0 radical (unpaired) electrons. The summed E-state index contributed by atoms with van der Waals surface area (Å²) in [6, 6.07) is 4.59. The molecular weight excluding hydrogens is 283 g/mol. The summed E-state index contributed by atoms with van der Waals surface area (Å²) in [5, 5.41) is 3.22. The van der Waals surface area contributed by atoms with E-state index in [9.17, 15) is 26.7 Å². The third-order valence-corrected chi connectivity index (χ3v) is 2.51. The van der Waals surface area contributed by atoms with Crippen LogP contribution < -0.4 is 5.43 Å². The average molecular weight is 290 g/mol. The molecule has 0 atom stereocenters. The van der Waals surface area contributed by atoms with E-state index in [0.29, 0.717) is 12.3 Å². The van der Waals surface area contributed by atoms with Gasteiger partial charge in [0, 0.05) is 11.6 Å². The van der Waals surface area contributed by atoms with Gasteiger partial charge in [-0.05, 0) is 12.1 Å². The Labute approximate surface area is 109 Å². The van der Waals surface area contributed by atoms with Gasteiger partial charge in [0.15, 0.2) is 0 Å². The van der Waals surface area contributed by atoms with Gasteiger partial charge in [0.05, 0.1) is 17.5 Å². The molecule has 0 bridgehead atoms. The summed E-state index contributed by atoms with van der Waals surface area (Å²) in [5.74, 6) is 0. The van der Waals surface area contributed by atoms with Crippen molar-refractivity contribution in [3.05, 3.63) is 52.3 Å². The lowest BCUT2D eigenvalue weighted by Crippen LogP contribution is -2.14. The second kappa shape index (κ2) is 5.03. The molecule has 2 rings (SSSR count). The minimum atomic E-state index is -4.60. The van der Waals surface area contributed by atoms with Crippen molar-refractivity contribution in [3.8, 4) is 11.3 Å². The quantitative estimate of drug-likeness (QED) is 0.795. The normalized spacial score (nSPS) is 11.9. The number of alkyl halides is 5. The highest BCUT2D eigenvalue weighted by atomic mass is 19.4. The molecular formula is C12H7F5N2O. The minimum absolute atomic E-state index is 0.162. The lowest BCUT2D eigenvalue weighted by Gasteiger charge is -2.12. The van der Waals surface area contributed by atoms with Crippen LogP contribution in [0.3, 0.4) is 0 Å². The molecule has 20 heavy (non-hydrogen) atoms. The van der Waals surface area contributed by atoms with E-state index in [1.165, 1.54) is 6.07 Å². The van der Waals surface area contributed by atoms with Gasteiger partial charge < -0.3 is 0 Å². The number of nitrogens with zero attached hydrogens (tertiary/aromatic N) is 2. The maximum atomic E-state index is 12.8. The molecule has 0 amide bonds. The highest BCUT2D eigenvalue weighted by molar-refractivity contribution is 5.60. The number of aromatic nitrogens is 2. The summed E-state index contributed by atoms with van der Waals surface area (Å²) in [7, 11) is 0. The van der Waals surface area contributed by atoms with Crippen LogP contribution in [0.4, 0.5) is 22.0 Å². The number of rotatable bonds is 2. The van der Waals surface area contributed by atoms with Gasteiger partial charge in [-0.15, -0.1) is 0 Å².